The highest BCUT2D eigenvalue weighted by Crippen LogP contribution is 2.31. The van der Waals surface area contributed by atoms with Crippen molar-refractivity contribution in [2.75, 3.05) is 13.1 Å². The molecule has 7 heteroatoms. The number of pyridine rings is 1. The zero-order valence-corrected chi connectivity index (χ0v) is 16.2. The predicted molar refractivity (Wildman–Crippen MR) is 110 cm³/mol. The second-order valence-corrected chi connectivity index (χ2v) is 7.36. The number of hydrogen-bond acceptors (Lipinski definition) is 4. The molecule has 0 bridgehead atoms. The van der Waals surface area contributed by atoms with Gasteiger partial charge in [-0.3, -0.25) is 9.78 Å². The van der Waals surface area contributed by atoms with Crippen LogP contribution in [0.1, 0.15) is 12.8 Å². The van der Waals surface area contributed by atoms with E-state index in [0.29, 0.717) is 5.02 Å². The van der Waals surface area contributed by atoms with Crippen LogP contribution in [0.15, 0.2) is 55.1 Å². The topological polar surface area (TPSA) is 71.8 Å². The molecule has 0 radical (unpaired) electrons. The third-order valence-corrected chi connectivity index (χ3v) is 5.14. The van der Waals surface area contributed by atoms with Crippen LogP contribution < -0.4 is 10.6 Å². The van der Waals surface area contributed by atoms with Gasteiger partial charge in [-0.05, 0) is 43.7 Å². The molecule has 0 aliphatic carbocycles. The van der Waals surface area contributed by atoms with E-state index in [1.807, 2.05) is 41.0 Å². The average Bonchev–Trinajstić information content (AvgIpc) is 3.13. The molecule has 1 fully saturated rings. The van der Waals surface area contributed by atoms with Crippen LogP contribution in [0.3, 0.4) is 0 Å². The van der Waals surface area contributed by atoms with E-state index >= 15 is 0 Å². The molecule has 144 valence electrons. The molecule has 4 rings (SSSR count). The summed E-state index contributed by atoms with van der Waals surface area (Å²) in [6.45, 7) is 2.06. The van der Waals surface area contributed by atoms with Crippen LogP contribution in [-0.2, 0) is 11.3 Å². The summed E-state index contributed by atoms with van der Waals surface area (Å²) in [7, 11) is 0. The number of hydrogen-bond donors (Lipinski definition) is 2. The maximum atomic E-state index is 12.6. The Hall–Kier alpha value is -2.70. The highest BCUT2D eigenvalue weighted by atomic mass is 35.5. The Morgan fingerprint density at radius 1 is 1.18 bits per heavy atom. The van der Waals surface area contributed by atoms with Gasteiger partial charge in [0, 0.05) is 41.1 Å². The summed E-state index contributed by atoms with van der Waals surface area (Å²) in [6, 6.07) is 11.6. The minimum atomic E-state index is -0.0101. The zero-order valence-electron chi connectivity index (χ0n) is 15.4. The summed E-state index contributed by atoms with van der Waals surface area (Å²) in [4.78, 5) is 21.3. The van der Waals surface area contributed by atoms with E-state index in [2.05, 4.69) is 20.6 Å². The Morgan fingerprint density at radius 2 is 1.96 bits per heavy atom. The van der Waals surface area contributed by atoms with E-state index in [-0.39, 0.29) is 18.5 Å². The standard InChI is InChI=1S/C21H22ClN5O/c22-17-5-3-15(4-6-17)20-21(16-7-10-23-11-8-16)27(14-25-20)13-19(28)26-18-2-1-9-24-12-18/h3-8,10-11,14,18,24H,1-2,9,12-13H2,(H,26,28)/t18-/m1/s1. The lowest BCUT2D eigenvalue weighted by atomic mass is 10.1. The van der Waals surface area contributed by atoms with Crippen molar-refractivity contribution in [1.82, 2.24) is 25.2 Å². The summed E-state index contributed by atoms with van der Waals surface area (Å²) in [5, 5.41) is 7.12. The third-order valence-electron chi connectivity index (χ3n) is 4.89. The number of amides is 1. The minimum absolute atomic E-state index is 0.0101. The molecule has 28 heavy (non-hydrogen) atoms. The molecule has 1 amide bonds. The molecule has 1 aliphatic rings. The monoisotopic (exact) mass is 395 g/mol. The normalized spacial score (nSPS) is 16.7. The first-order valence-electron chi connectivity index (χ1n) is 9.42. The van der Waals surface area contributed by atoms with Gasteiger partial charge in [0.15, 0.2) is 0 Å². The quantitative estimate of drug-likeness (QED) is 0.696. The van der Waals surface area contributed by atoms with Gasteiger partial charge in [-0.2, -0.15) is 0 Å². The second kappa shape index (κ2) is 8.54. The SMILES string of the molecule is O=C(Cn1cnc(-c2ccc(Cl)cc2)c1-c1ccncc1)N[C@@H]1CCCNC1. The molecule has 1 saturated heterocycles. The summed E-state index contributed by atoms with van der Waals surface area (Å²) in [6.07, 6.45) is 7.30. The first kappa shape index (κ1) is 18.7. The van der Waals surface area contributed by atoms with Crippen molar-refractivity contribution in [1.29, 1.82) is 0 Å². The molecule has 2 aromatic heterocycles. The third kappa shape index (κ3) is 4.24. The molecular formula is C21H22ClN5O. The van der Waals surface area contributed by atoms with Crippen LogP contribution in [0.5, 0.6) is 0 Å². The highest BCUT2D eigenvalue weighted by Gasteiger charge is 2.19. The predicted octanol–water partition coefficient (Wildman–Crippen LogP) is 3.13. The number of nitrogens with one attached hydrogen (secondary N) is 2. The number of carbonyl (C=O) groups excluding carboxylic acids is 1. The van der Waals surface area contributed by atoms with Crippen molar-refractivity contribution < 1.29 is 4.79 Å². The molecule has 1 aromatic carbocycles. The minimum Gasteiger partial charge on any atom is -0.351 e. The van der Waals surface area contributed by atoms with Crippen molar-refractivity contribution >= 4 is 17.5 Å². The van der Waals surface area contributed by atoms with Gasteiger partial charge in [0.2, 0.25) is 5.91 Å². The molecular weight excluding hydrogens is 374 g/mol. The fourth-order valence-electron chi connectivity index (χ4n) is 3.54. The summed E-state index contributed by atoms with van der Waals surface area (Å²) < 4.78 is 1.89. The lowest BCUT2D eigenvalue weighted by Gasteiger charge is -2.24. The highest BCUT2D eigenvalue weighted by molar-refractivity contribution is 6.30. The molecule has 0 unspecified atom stereocenters. The van der Waals surface area contributed by atoms with Crippen LogP contribution in [0.25, 0.3) is 22.5 Å². The van der Waals surface area contributed by atoms with E-state index in [9.17, 15) is 4.79 Å². The van der Waals surface area contributed by atoms with Crippen LogP contribution in [-0.4, -0.2) is 39.6 Å². The number of halogens is 1. The van der Waals surface area contributed by atoms with Crippen molar-refractivity contribution in [2.45, 2.75) is 25.4 Å². The fraction of sp³-hybridized carbons (Fsp3) is 0.286. The molecule has 6 nitrogen and oxygen atoms in total. The number of rotatable bonds is 5. The number of nitrogens with zero attached hydrogens (tertiary/aromatic N) is 3. The van der Waals surface area contributed by atoms with Crippen LogP contribution in [0.2, 0.25) is 5.02 Å². The van der Waals surface area contributed by atoms with E-state index in [0.717, 1.165) is 48.4 Å². The lowest BCUT2D eigenvalue weighted by molar-refractivity contribution is -0.122. The number of imidazole rings is 1. The molecule has 0 saturated carbocycles. The summed E-state index contributed by atoms with van der Waals surface area (Å²) >= 11 is 6.03. The average molecular weight is 396 g/mol. The van der Waals surface area contributed by atoms with Crippen molar-refractivity contribution in [3.05, 3.63) is 60.1 Å². The van der Waals surface area contributed by atoms with Gasteiger partial charge in [0.05, 0.1) is 17.7 Å². The first-order chi connectivity index (χ1) is 13.7. The van der Waals surface area contributed by atoms with Crippen molar-refractivity contribution in [3.63, 3.8) is 0 Å². The molecule has 1 atom stereocenters. The zero-order chi connectivity index (χ0) is 19.3. The van der Waals surface area contributed by atoms with E-state index < -0.39 is 0 Å². The molecule has 3 heterocycles. The van der Waals surface area contributed by atoms with Crippen molar-refractivity contribution in [3.8, 4) is 22.5 Å². The summed E-state index contributed by atoms with van der Waals surface area (Å²) in [5.74, 6) is -0.0101. The maximum absolute atomic E-state index is 12.6. The molecule has 0 spiro atoms. The first-order valence-corrected chi connectivity index (χ1v) is 9.80. The Balaban J connectivity index is 1.63. The summed E-state index contributed by atoms with van der Waals surface area (Å²) in [5.41, 5.74) is 3.62. The van der Waals surface area contributed by atoms with E-state index in [4.69, 9.17) is 11.6 Å². The molecule has 1 aliphatic heterocycles. The number of piperidine rings is 1. The Morgan fingerprint density at radius 3 is 2.68 bits per heavy atom. The second-order valence-electron chi connectivity index (χ2n) is 6.92. The van der Waals surface area contributed by atoms with Crippen LogP contribution >= 0.6 is 11.6 Å². The Labute approximate surface area is 169 Å². The number of aromatic nitrogens is 3. The largest absolute Gasteiger partial charge is 0.351 e. The smallest absolute Gasteiger partial charge is 0.240 e. The van der Waals surface area contributed by atoms with Crippen LogP contribution in [0, 0.1) is 0 Å². The van der Waals surface area contributed by atoms with Gasteiger partial charge in [0.1, 0.15) is 6.54 Å². The lowest BCUT2D eigenvalue weighted by Crippen LogP contribution is -2.46. The van der Waals surface area contributed by atoms with Gasteiger partial charge in [-0.15, -0.1) is 0 Å². The van der Waals surface area contributed by atoms with Crippen LogP contribution in [0.4, 0.5) is 0 Å². The van der Waals surface area contributed by atoms with E-state index in [1.165, 1.54) is 0 Å². The van der Waals surface area contributed by atoms with Gasteiger partial charge >= 0.3 is 0 Å². The van der Waals surface area contributed by atoms with Crippen molar-refractivity contribution in [2.24, 2.45) is 0 Å². The number of benzene rings is 1. The Bertz CT molecular complexity index is 933. The maximum Gasteiger partial charge on any atom is 0.240 e. The van der Waals surface area contributed by atoms with Gasteiger partial charge in [0.25, 0.3) is 0 Å². The molecule has 3 aromatic rings. The van der Waals surface area contributed by atoms with Gasteiger partial charge in [-0.25, -0.2) is 4.98 Å². The van der Waals surface area contributed by atoms with E-state index in [1.54, 1.807) is 18.7 Å². The Kier molecular flexibility index (Phi) is 5.69. The van der Waals surface area contributed by atoms with Gasteiger partial charge in [-0.1, -0.05) is 23.7 Å². The van der Waals surface area contributed by atoms with Gasteiger partial charge < -0.3 is 15.2 Å². The fourth-order valence-corrected chi connectivity index (χ4v) is 3.66. The molecule has 2 N–H and O–H groups in total. The number of carbonyl (C=O) groups is 1.